The van der Waals surface area contributed by atoms with Crippen LogP contribution in [-0.2, 0) is 38.0 Å². The third kappa shape index (κ3) is 27.4. The lowest BCUT2D eigenvalue weighted by Crippen LogP contribution is -2.61. The zero-order valence-electron chi connectivity index (χ0n) is 41.1. The van der Waals surface area contributed by atoms with Crippen LogP contribution in [0.1, 0.15) is 155 Å². The van der Waals surface area contributed by atoms with E-state index in [1.165, 1.54) is 38.5 Å². The molecule has 0 aliphatic carbocycles. The van der Waals surface area contributed by atoms with E-state index in [-0.39, 0.29) is 19.4 Å². The lowest BCUT2D eigenvalue weighted by molar-refractivity contribution is -0.332. The van der Waals surface area contributed by atoms with E-state index < -0.39 is 99.3 Å². The molecule has 4 unspecified atom stereocenters. The van der Waals surface area contributed by atoms with Crippen LogP contribution in [0.15, 0.2) is 72.9 Å². The van der Waals surface area contributed by atoms with E-state index in [0.29, 0.717) is 19.3 Å². The highest BCUT2D eigenvalue weighted by Gasteiger charge is 2.47. The van der Waals surface area contributed by atoms with Gasteiger partial charge in [0.05, 0.1) is 19.8 Å². The van der Waals surface area contributed by atoms with Crippen LogP contribution in [0.2, 0.25) is 0 Å². The maximum Gasteiger partial charge on any atom is 0.306 e. The van der Waals surface area contributed by atoms with Crippen molar-refractivity contribution in [2.45, 2.75) is 223 Å². The van der Waals surface area contributed by atoms with Gasteiger partial charge in [-0.1, -0.05) is 138 Å². The fourth-order valence-electron chi connectivity index (χ4n) is 7.48. The number of hydrogen-bond acceptors (Lipinski definition) is 15. The Labute approximate surface area is 406 Å². The average molecular weight is 965 g/mol. The number of aliphatic hydroxyl groups is 7. The van der Waals surface area contributed by atoms with Crippen LogP contribution in [0.25, 0.3) is 0 Å². The van der Waals surface area contributed by atoms with Crippen molar-refractivity contribution in [3.05, 3.63) is 72.9 Å². The average Bonchev–Trinajstić information content (AvgIpc) is 3.33. The van der Waals surface area contributed by atoms with Crippen molar-refractivity contribution in [1.29, 1.82) is 0 Å². The molecular formula is C53H88O15. The van der Waals surface area contributed by atoms with Crippen LogP contribution in [-0.4, -0.2) is 142 Å². The first-order valence-electron chi connectivity index (χ1n) is 25.5. The van der Waals surface area contributed by atoms with E-state index in [1.54, 1.807) is 0 Å². The van der Waals surface area contributed by atoms with Gasteiger partial charge in [0.2, 0.25) is 0 Å². The summed E-state index contributed by atoms with van der Waals surface area (Å²) in [4.78, 5) is 25.7. The Morgan fingerprint density at radius 3 is 1.50 bits per heavy atom. The molecule has 2 aliphatic heterocycles. The third-order valence-corrected chi connectivity index (χ3v) is 11.7. The molecule has 15 heteroatoms. The molecule has 7 N–H and O–H groups in total. The van der Waals surface area contributed by atoms with Gasteiger partial charge >= 0.3 is 11.9 Å². The number of aliphatic hydroxyl groups excluding tert-OH is 7. The molecule has 2 heterocycles. The Hall–Kier alpha value is -3.06. The lowest BCUT2D eigenvalue weighted by Gasteiger charge is -2.42. The Morgan fingerprint density at radius 1 is 0.485 bits per heavy atom. The molecule has 0 aromatic carbocycles. The van der Waals surface area contributed by atoms with E-state index in [1.807, 2.05) is 6.08 Å². The first-order valence-corrected chi connectivity index (χ1v) is 25.5. The van der Waals surface area contributed by atoms with Gasteiger partial charge in [0.25, 0.3) is 0 Å². The van der Waals surface area contributed by atoms with Gasteiger partial charge in [-0.3, -0.25) is 9.59 Å². The van der Waals surface area contributed by atoms with Gasteiger partial charge in [-0.25, -0.2) is 0 Å². The van der Waals surface area contributed by atoms with Gasteiger partial charge in [-0.2, -0.15) is 0 Å². The maximum absolute atomic E-state index is 13.0. The molecule has 2 aliphatic rings. The quantitative estimate of drug-likeness (QED) is 0.0187. The van der Waals surface area contributed by atoms with Gasteiger partial charge in [0.15, 0.2) is 18.7 Å². The predicted molar refractivity (Wildman–Crippen MR) is 261 cm³/mol. The van der Waals surface area contributed by atoms with E-state index in [4.69, 9.17) is 28.4 Å². The van der Waals surface area contributed by atoms with Gasteiger partial charge in [-0.15, -0.1) is 0 Å². The summed E-state index contributed by atoms with van der Waals surface area (Å²) >= 11 is 0. The zero-order valence-corrected chi connectivity index (χ0v) is 41.1. The molecule has 2 rings (SSSR count). The van der Waals surface area contributed by atoms with E-state index in [9.17, 15) is 45.3 Å². The molecule has 0 aromatic rings. The van der Waals surface area contributed by atoms with Gasteiger partial charge < -0.3 is 64.2 Å². The summed E-state index contributed by atoms with van der Waals surface area (Å²) in [6.45, 7) is 2.38. The summed E-state index contributed by atoms with van der Waals surface area (Å²) in [5.41, 5.74) is 0. The number of ether oxygens (including phenoxy) is 6. The molecule has 0 spiro atoms. The van der Waals surface area contributed by atoms with Crippen molar-refractivity contribution in [2.24, 2.45) is 0 Å². The summed E-state index contributed by atoms with van der Waals surface area (Å²) in [7, 11) is 0. The van der Waals surface area contributed by atoms with Crippen molar-refractivity contribution >= 4 is 11.9 Å². The second-order valence-corrected chi connectivity index (χ2v) is 17.6. The highest BCUT2D eigenvalue weighted by Crippen LogP contribution is 2.26. The van der Waals surface area contributed by atoms with Crippen molar-refractivity contribution in [1.82, 2.24) is 0 Å². The van der Waals surface area contributed by atoms with E-state index >= 15 is 0 Å². The van der Waals surface area contributed by atoms with Crippen LogP contribution in [0.3, 0.4) is 0 Å². The molecule has 68 heavy (non-hydrogen) atoms. The Bertz CT molecular complexity index is 1460. The maximum atomic E-state index is 13.0. The summed E-state index contributed by atoms with van der Waals surface area (Å²) < 4.78 is 33.5. The van der Waals surface area contributed by atoms with Crippen molar-refractivity contribution in [3.8, 4) is 0 Å². The second-order valence-electron chi connectivity index (χ2n) is 17.6. The first kappa shape index (κ1) is 61.1. The van der Waals surface area contributed by atoms with E-state index in [0.717, 1.165) is 70.6 Å². The number of hydrogen-bond donors (Lipinski definition) is 7. The van der Waals surface area contributed by atoms with Gasteiger partial charge in [0.1, 0.15) is 55.4 Å². The number of esters is 2. The Balaban J connectivity index is 1.85. The monoisotopic (exact) mass is 965 g/mol. The molecule has 11 atom stereocenters. The molecule has 2 saturated heterocycles. The standard InChI is InChI=1S/C53H88O15/c1-3-5-7-9-11-13-15-17-19-20-22-23-25-27-29-31-33-35-44(55)63-38-41(66-45(56)36-34-32-30-28-26-24-21-18-16-14-12-10-8-6-4-2)39-64-52-51(62)49(60)47(58)43(68-52)40-65-53-50(61)48(59)46(57)42(37-54)67-53/h6,8,12,14,17-19,21-23,27,29,41-43,46-54,57-62H,3-5,7,9-11,13,15-16,20,24-26,28,30-40H2,1-2H3/b8-6+,14-12+,19-17+,21-18+,23-22+,29-27+/t41-,42+,43+,46-,47-,48?,49?,50?,51?,52+,53+/m0/s1. The van der Waals surface area contributed by atoms with Crippen molar-refractivity contribution in [3.63, 3.8) is 0 Å². The summed E-state index contributed by atoms with van der Waals surface area (Å²) in [6.07, 6.45) is 29.4. The predicted octanol–water partition coefficient (Wildman–Crippen LogP) is 7.04. The number of carbonyl (C=O) groups is 2. The minimum atomic E-state index is -1.78. The second kappa shape index (κ2) is 39.6. The minimum Gasteiger partial charge on any atom is -0.462 e. The zero-order chi connectivity index (χ0) is 49.6. The van der Waals surface area contributed by atoms with Crippen molar-refractivity contribution in [2.75, 3.05) is 26.4 Å². The highest BCUT2D eigenvalue weighted by molar-refractivity contribution is 5.70. The molecular weight excluding hydrogens is 877 g/mol. The third-order valence-electron chi connectivity index (χ3n) is 11.7. The summed E-state index contributed by atoms with van der Waals surface area (Å²) in [5, 5.41) is 72.1. The Kier molecular flexibility index (Phi) is 35.6. The molecule has 390 valence electrons. The molecule has 0 amide bonds. The number of carbonyl (C=O) groups excluding carboxylic acids is 2. The van der Waals surface area contributed by atoms with Crippen LogP contribution in [0, 0.1) is 0 Å². The number of unbranched alkanes of at least 4 members (excludes halogenated alkanes) is 12. The lowest BCUT2D eigenvalue weighted by atomic mass is 9.98. The largest absolute Gasteiger partial charge is 0.462 e. The van der Waals surface area contributed by atoms with E-state index in [2.05, 4.69) is 80.7 Å². The molecule has 0 bridgehead atoms. The summed E-state index contributed by atoms with van der Waals surface area (Å²) in [6, 6.07) is 0. The van der Waals surface area contributed by atoms with Gasteiger partial charge in [-0.05, 0) is 77.0 Å². The fraction of sp³-hybridized carbons (Fsp3) is 0.736. The molecule has 0 saturated carbocycles. The highest BCUT2D eigenvalue weighted by atomic mass is 16.7. The normalized spacial score (nSPS) is 26.4. The van der Waals surface area contributed by atoms with Crippen LogP contribution >= 0.6 is 0 Å². The van der Waals surface area contributed by atoms with Crippen LogP contribution in [0.5, 0.6) is 0 Å². The number of allylic oxidation sites excluding steroid dienone is 12. The van der Waals surface area contributed by atoms with Crippen LogP contribution < -0.4 is 0 Å². The molecule has 0 radical (unpaired) electrons. The SMILES string of the molecule is CC/C=C/C/C=C/C/C=C/CCCCCCCC(=O)O[C@@H](COC(=O)CCC/C=C/C/C=C/C/C=C/CCCCCCCC)CO[C@@H]1O[C@H](CO[C@@H]2O[C@H](CO)[C@H](O)C(O)C2O)[C@H](O)C(O)C1O. The van der Waals surface area contributed by atoms with Crippen LogP contribution in [0.4, 0.5) is 0 Å². The topological polar surface area (TPSA) is 231 Å². The van der Waals surface area contributed by atoms with Crippen molar-refractivity contribution < 1.29 is 73.8 Å². The molecule has 2 fully saturated rings. The molecule has 15 nitrogen and oxygen atoms in total. The van der Waals surface area contributed by atoms with Gasteiger partial charge in [0, 0.05) is 12.8 Å². The Morgan fingerprint density at radius 2 is 0.941 bits per heavy atom. The first-order chi connectivity index (χ1) is 33.0. The molecule has 0 aromatic heterocycles. The fourth-order valence-corrected chi connectivity index (χ4v) is 7.48. The minimum absolute atomic E-state index is 0.131. The summed E-state index contributed by atoms with van der Waals surface area (Å²) in [5.74, 6) is -1.01. The smallest absolute Gasteiger partial charge is 0.306 e. The number of rotatable bonds is 38.